The van der Waals surface area contributed by atoms with E-state index in [1.54, 1.807) is 0 Å². The van der Waals surface area contributed by atoms with Gasteiger partial charge < -0.3 is 4.84 Å². The maximum Gasteiger partial charge on any atom is 0.134 e. The third kappa shape index (κ3) is 7.25. The molecular weight excluding hydrogens is 286 g/mol. The zero-order valence-corrected chi connectivity index (χ0v) is 14.7. The first-order valence-corrected chi connectivity index (χ1v) is 8.94. The number of rotatable bonds is 8. The van der Waals surface area contributed by atoms with Crippen LogP contribution in [0.25, 0.3) is 0 Å². The van der Waals surface area contributed by atoms with Gasteiger partial charge in [0.2, 0.25) is 0 Å². The number of hydrogen-bond donors (Lipinski definition) is 0. The van der Waals surface area contributed by atoms with Crippen LogP contribution in [-0.2, 0) is 4.84 Å². The smallest absolute Gasteiger partial charge is 0.134 e. The summed E-state index contributed by atoms with van der Waals surface area (Å²) in [6.07, 6.45) is 1.33. The summed E-state index contributed by atoms with van der Waals surface area (Å²) in [5.74, 6) is 0.911. The maximum absolute atomic E-state index is 5.38. The number of benzene rings is 1. The third-order valence-electron chi connectivity index (χ3n) is 2.64. The summed E-state index contributed by atoms with van der Waals surface area (Å²) in [5.41, 5.74) is 0.952. The van der Waals surface area contributed by atoms with Crippen LogP contribution < -0.4 is 0 Å². The highest BCUT2D eigenvalue weighted by molar-refractivity contribution is 8.00. The zero-order valence-electron chi connectivity index (χ0n) is 13.1. The van der Waals surface area contributed by atoms with Gasteiger partial charge in [0, 0.05) is 20.8 Å². The Kier molecular flexibility index (Phi) is 8.15. The highest BCUT2D eigenvalue weighted by Gasteiger charge is 2.05. The van der Waals surface area contributed by atoms with Crippen LogP contribution in [0.2, 0.25) is 0 Å². The molecule has 0 radical (unpaired) electrons. The molecule has 0 amide bonds. The molecule has 2 atom stereocenters. The third-order valence-corrected chi connectivity index (χ3v) is 5.16. The normalized spacial score (nSPS) is 13.7. The van der Waals surface area contributed by atoms with E-state index < -0.39 is 0 Å². The van der Waals surface area contributed by atoms with Crippen molar-refractivity contribution in [3.8, 4) is 0 Å². The van der Waals surface area contributed by atoms with Crippen molar-refractivity contribution >= 4 is 29.2 Å². The molecule has 0 saturated heterocycles. The molecule has 0 bridgehead atoms. The standard InChI is InChI=1S/C16H25NOS2/c1-6-14(5)20-16-9-7-15(8-10-16)19-11-13(4)18-17-12(2)3/h7-10,13-14H,6,11H2,1-5H3. The molecule has 1 aromatic carbocycles. The van der Waals surface area contributed by atoms with Crippen LogP contribution in [0, 0.1) is 0 Å². The fourth-order valence-electron chi connectivity index (χ4n) is 1.37. The van der Waals surface area contributed by atoms with Gasteiger partial charge in [-0.15, -0.1) is 23.5 Å². The summed E-state index contributed by atoms with van der Waals surface area (Å²) < 4.78 is 0. The van der Waals surface area contributed by atoms with E-state index in [1.165, 1.54) is 16.2 Å². The molecule has 0 fully saturated rings. The SMILES string of the molecule is CCC(C)Sc1ccc(SCC(C)ON=C(C)C)cc1. The molecule has 0 spiro atoms. The molecule has 2 nitrogen and oxygen atoms in total. The van der Waals surface area contributed by atoms with Crippen LogP contribution in [0.5, 0.6) is 0 Å². The minimum absolute atomic E-state index is 0.129. The predicted octanol–water partition coefficient (Wildman–Crippen LogP) is 5.47. The summed E-state index contributed by atoms with van der Waals surface area (Å²) in [4.78, 5) is 8.01. The van der Waals surface area contributed by atoms with E-state index in [0.29, 0.717) is 5.25 Å². The molecule has 1 rings (SSSR count). The molecule has 2 unspecified atom stereocenters. The topological polar surface area (TPSA) is 21.6 Å². The van der Waals surface area contributed by atoms with Gasteiger partial charge in [-0.3, -0.25) is 0 Å². The molecule has 0 aliphatic heterocycles. The van der Waals surface area contributed by atoms with Gasteiger partial charge in [-0.25, -0.2) is 0 Å². The van der Waals surface area contributed by atoms with Crippen LogP contribution in [0.1, 0.15) is 41.0 Å². The average molecular weight is 312 g/mol. The number of hydrogen-bond acceptors (Lipinski definition) is 4. The van der Waals surface area contributed by atoms with Crippen LogP contribution in [0.15, 0.2) is 39.2 Å². The lowest BCUT2D eigenvalue weighted by Gasteiger charge is -2.11. The van der Waals surface area contributed by atoms with E-state index in [0.717, 1.165) is 11.5 Å². The van der Waals surface area contributed by atoms with Gasteiger partial charge in [-0.2, -0.15) is 0 Å². The summed E-state index contributed by atoms with van der Waals surface area (Å²) in [6.45, 7) is 10.4. The van der Waals surface area contributed by atoms with Crippen molar-refractivity contribution in [2.75, 3.05) is 5.75 Å². The van der Waals surface area contributed by atoms with Gasteiger partial charge in [0.25, 0.3) is 0 Å². The van der Waals surface area contributed by atoms with Crippen molar-refractivity contribution in [2.45, 2.75) is 62.2 Å². The van der Waals surface area contributed by atoms with Crippen LogP contribution in [0.4, 0.5) is 0 Å². The summed E-state index contributed by atoms with van der Waals surface area (Å²) in [6, 6.07) is 8.80. The molecular formula is C16H25NOS2. The van der Waals surface area contributed by atoms with Crippen molar-refractivity contribution < 1.29 is 4.84 Å². The molecule has 4 heteroatoms. The monoisotopic (exact) mass is 311 g/mol. The van der Waals surface area contributed by atoms with E-state index in [4.69, 9.17) is 4.84 Å². The Labute approximate surface area is 131 Å². The molecule has 0 heterocycles. The van der Waals surface area contributed by atoms with Gasteiger partial charge in [-0.1, -0.05) is 19.0 Å². The number of nitrogens with zero attached hydrogens (tertiary/aromatic N) is 1. The zero-order chi connectivity index (χ0) is 15.0. The summed E-state index contributed by atoms with van der Waals surface area (Å²) in [7, 11) is 0. The fourth-order valence-corrected chi connectivity index (χ4v) is 3.11. The van der Waals surface area contributed by atoms with Crippen molar-refractivity contribution in [1.82, 2.24) is 0 Å². The van der Waals surface area contributed by atoms with Gasteiger partial charge in [0.05, 0.1) is 5.71 Å². The van der Waals surface area contributed by atoms with E-state index >= 15 is 0 Å². The summed E-state index contributed by atoms with van der Waals surface area (Å²) >= 11 is 3.75. The molecule has 1 aromatic rings. The average Bonchev–Trinajstić information content (AvgIpc) is 2.44. The largest absolute Gasteiger partial charge is 0.392 e. The van der Waals surface area contributed by atoms with Crippen molar-refractivity contribution in [1.29, 1.82) is 0 Å². The molecule has 112 valence electrons. The molecule has 0 aromatic heterocycles. The maximum atomic E-state index is 5.38. The van der Waals surface area contributed by atoms with Gasteiger partial charge in [0.15, 0.2) is 0 Å². The van der Waals surface area contributed by atoms with Crippen LogP contribution >= 0.6 is 23.5 Å². The first-order chi connectivity index (χ1) is 9.51. The Morgan fingerprint density at radius 2 is 1.75 bits per heavy atom. The Balaban J connectivity index is 2.39. The Morgan fingerprint density at radius 3 is 2.30 bits per heavy atom. The van der Waals surface area contributed by atoms with Crippen LogP contribution in [-0.4, -0.2) is 22.8 Å². The second-order valence-corrected chi connectivity index (χ2v) is 7.68. The lowest BCUT2D eigenvalue weighted by molar-refractivity contribution is 0.0890. The highest BCUT2D eigenvalue weighted by Crippen LogP contribution is 2.28. The highest BCUT2D eigenvalue weighted by atomic mass is 32.2. The first-order valence-electron chi connectivity index (χ1n) is 7.07. The van der Waals surface area contributed by atoms with Gasteiger partial charge in [0.1, 0.15) is 6.10 Å². The molecule has 0 saturated carbocycles. The van der Waals surface area contributed by atoms with Gasteiger partial charge >= 0.3 is 0 Å². The van der Waals surface area contributed by atoms with E-state index in [1.807, 2.05) is 44.3 Å². The molecule has 0 aliphatic carbocycles. The van der Waals surface area contributed by atoms with Crippen molar-refractivity contribution in [3.05, 3.63) is 24.3 Å². The Morgan fingerprint density at radius 1 is 1.15 bits per heavy atom. The first kappa shape index (κ1) is 17.4. The van der Waals surface area contributed by atoms with Crippen LogP contribution in [0.3, 0.4) is 0 Å². The minimum Gasteiger partial charge on any atom is -0.392 e. The lowest BCUT2D eigenvalue weighted by atomic mass is 10.4. The van der Waals surface area contributed by atoms with E-state index in [-0.39, 0.29) is 6.10 Å². The van der Waals surface area contributed by atoms with E-state index in [9.17, 15) is 0 Å². The second kappa shape index (κ2) is 9.35. The molecule has 20 heavy (non-hydrogen) atoms. The van der Waals surface area contributed by atoms with E-state index in [2.05, 4.69) is 43.3 Å². The van der Waals surface area contributed by atoms with Gasteiger partial charge in [-0.05, 0) is 51.5 Å². The quantitative estimate of drug-likeness (QED) is 0.361. The Hall–Kier alpha value is -0.610. The van der Waals surface area contributed by atoms with Crippen molar-refractivity contribution in [2.24, 2.45) is 5.16 Å². The second-order valence-electron chi connectivity index (χ2n) is 5.07. The number of oxime groups is 1. The summed E-state index contributed by atoms with van der Waals surface area (Å²) in [5, 5.41) is 4.67. The molecule has 0 N–H and O–H groups in total. The predicted molar refractivity (Wildman–Crippen MR) is 92.1 cm³/mol. The Bertz CT molecular complexity index is 413. The lowest BCUT2D eigenvalue weighted by Crippen LogP contribution is -2.08. The molecule has 0 aliphatic rings. The minimum atomic E-state index is 0.129. The van der Waals surface area contributed by atoms with Crippen molar-refractivity contribution in [3.63, 3.8) is 0 Å². The fraction of sp³-hybridized carbons (Fsp3) is 0.562. The number of thioether (sulfide) groups is 2.